The number of nitro benzene ring substituents is 1. The molecule has 0 aromatic heterocycles. The molecule has 0 amide bonds. The second kappa shape index (κ2) is 7.14. The first kappa shape index (κ1) is 17.1. The van der Waals surface area contributed by atoms with Crippen molar-refractivity contribution < 1.29 is 14.8 Å². The summed E-state index contributed by atoms with van der Waals surface area (Å²) in [5.41, 5.74) is -0.0689. The number of non-ortho nitro benzene ring substituents is 1. The number of hydrogen-bond donors (Lipinski definition) is 1. The van der Waals surface area contributed by atoms with E-state index in [1.54, 1.807) is 0 Å². The van der Waals surface area contributed by atoms with E-state index in [4.69, 9.17) is 5.11 Å². The minimum Gasteiger partial charge on any atom is -0.478 e. The Morgan fingerprint density at radius 1 is 1.29 bits per heavy atom. The summed E-state index contributed by atoms with van der Waals surface area (Å²) in [6, 6.07) is 5.43. The second-order valence-electron chi connectivity index (χ2n) is 5.20. The van der Waals surface area contributed by atoms with Gasteiger partial charge in [0, 0.05) is 24.7 Å². The quantitative estimate of drug-likeness (QED) is 0.662. The molecule has 1 aliphatic rings. The van der Waals surface area contributed by atoms with Gasteiger partial charge in [0.1, 0.15) is 0 Å². The Labute approximate surface area is 123 Å². The molecule has 0 bridgehead atoms. The minimum atomic E-state index is -1.09. The third kappa shape index (κ3) is 4.51. The first-order chi connectivity index (χ1) is 9.73. The summed E-state index contributed by atoms with van der Waals surface area (Å²) < 4.78 is 0. The molecule has 0 radical (unpaired) electrons. The van der Waals surface area contributed by atoms with Gasteiger partial charge in [-0.05, 0) is 40.1 Å². The van der Waals surface area contributed by atoms with Gasteiger partial charge in [-0.2, -0.15) is 0 Å². The number of carboxylic acid groups (broad SMARTS) is 1. The number of carbonyl (C=O) groups is 1. The van der Waals surface area contributed by atoms with Crippen LogP contribution in [0, 0.1) is 10.1 Å². The topological polar surface area (TPSA) is 86.9 Å². The van der Waals surface area contributed by atoms with Gasteiger partial charge in [-0.1, -0.05) is 0 Å². The van der Waals surface area contributed by atoms with Crippen molar-refractivity contribution in [1.29, 1.82) is 0 Å². The van der Waals surface area contributed by atoms with Crippen LogP contribution in [0.4, 0.5) is 5.69 Å². The lowest BCUT2D eigenvalue weighted by Gasteiger charge is -2.21. The van der Waals surface area contributed by atoms with Crippen molar-refractivity contribution in [1.82, 2.24) is 9.80 Å². The molecule has 2 rings (SSSR count). The van der Waals surface area contributed by atoms with E-state index in [1.165, 1.54) is 18.7 Å². The molecular formula is C14H21N3O4. The third-order valence-corrected chi connectivity index (χ3v) is 3.80. The first-order valence-electron chi connectivity index (χ1n) is 6.64. The number of rotatable bonds is 2. The minimum absolute atomic E-state index is 0.0422. The highest BCUT2D eigenvalue weighted by atomic mass is 16.6. The van der Waals surface area contributed by atoms with Crippen LogP contribution in [0.3, 0.4) is 0 Å². The zero-order valence-corrected chi connectivity index (χ0v) is 12.7. The zero-order chi connectivity index (χ0) is 16.2. The highest BCUT2D eigenvalue weighted by Crippen LogP contribution is 2.14. The lowest BCUT2D eigenvalue weighted by atomic mass is 10.2. The summed E-state index contributed by atoms with van der Waals surface area (Å²) in [4.78, 5) is 24.6. The summed E-state index contributed by atoms with van der Waals surface area (Å²) in [5, 5.41) is 18.6. The Bertz CT molecular complexity index is 458. The maximum atomic E-state index is 10.3. The van der Waals surface area contributed by atoms with E-state index in [0.717, 1.165) is 18.2 Å². The molecule has 1 heterocycles. The zero-order valence-electron chi connectivity index (χ0n) is 12.7. The highest BCUT2D eigenvalue weighted by Gasteiger charge is 2.27. The van der Waals surface area contributed by atoms with Gasteiger partial charge in [-0.3, -0.25) is 19.9 Å². The van der Waals surface area contributed by atoms with Gasteiger partial charge < -0.3 is 5.11 Å². The Balaban J connectivity index is 0.000000219. The van der Waals surface area contributed by atoms with Gasteiger partial charge in [0.25, 0.3) is 5.69 Å². The predicted molar refractivity (Wildman–Crippen MR) is 79.4 cm³/mol. The molecule has 1 aromatic rings. The average molecular weight is 295 g/mol. The number of nitrogens with zero attached hydrogens (tertiary/aromatic N) is 3. The molecule has 1 aliphatic heterocycles. The van der Waals surface area contributed by atoms with Crippen LogP contribution < -0.4 is 0 Å². The predicted octanol–water partition coefficient (Wildman–Crippen LogP) is 1.89. The fourth-order valence-corrected chi connectivity index (χ4v) is 2.10. The van der Waals surface area contributed by atoms with Crippen LogP contribution in [0.2, 0.25) is 0 Å². The first-order valence-corrected chi connectivity index (χ1v) is 6.64. The van der Waals surface area contributed by atoms with Crippen molar-refractivity contribution >= 4 is 11.7 Å². The fraction of sp³-hybridized carbons (Fsp3) is 0.500. The molecule has 1 saturated heterocycles. The molecule has 2 unspecified atom stereocenters. The molecule has 7 nitrogen and oxygen atoms in total. The van der Waals surface area contributed by atoms with E-state index in [2.05, 4.69) is 37.7 Å². The highest BCUT2D eigenvalue weighted by molar-refractivity contribution is 5.87. The molecule has 2 atom stereocenters. The van der Waals surface area contributed by atoms with Crippen LogP contribution >= 0.6 is 0 Å². The number of likely N-dealkylation sites (N-methyl/N-ethyl adjacent to an activating group) is 2. The van der Waals surface area contributed by atoms with Gasteiger partial charge in [0.15, 0.2) is 0 Å². The largest absolute Gasteiger partial charge is 0.478 e. The standard InChI is InChI=1S/C7H16N2.C7H5NO4/c1-6-5-8(3)7(2)9(6)4;9-7(10)5-1-3-6(4-2-5)8(11)12/h6-7H,5H2,1-4H3;1-4H,(H,9,10). The van der Waals surface area contributed by atoms with E-state index in [-0.39, 0.29) is 11.3 Å². The Hall–Kier alpha value is -1.99. The molecule has 1 fully saturated rings. The molecule has 21 heavy (non-hydrogen) atoms. The number of hydrogen-bond acceptors (Lipinski definition) is 5. The maximum absolute atomic E-state index is 10.3. The van der Waals surface area contributed by atoms with Crippen molar-refractivity contribution in [3.8, 4) is 0 Å². The van der Waals surface area contributed by atoms with Crippen LogP contribution in [0.1, 0.15) is 24.2 Å². The lowest BCUT2D eigenvalue weighted by Crippen LogP contribution is -2.32. The van der Waals surface area contributed by atoms with E-state index in [0.29, 0.717) is 6.17 Å². The van der Waals surface area contributed by atoms with Crippen molar-refractivity contribution in [2.75, 3.05) is 20.6 Å². The Kier molecular flexibility index (Phi) is 5.80. The van der Waals surface area contributed by atoms with Gasteiger partial charge in [-0.15, -0.1) is 0 Å². The van der Waals surface area contributed by atoms with Crippen molar-refractivity contribution in [3.63, 3.8) is 0 Å². The van der Waals surface area contributed by atoms with Crippen LogP contribution in [-0.2, 0) is 0 Å². The van der Waals surface area contributed by atoms with Crippen molar-refractivity contribution in [2.24, 2.45) is 0 Å². The smallest absolute Gasteiger partial charge is 0.335 e. The Morgan fingerprint density at radius 2 is 1.81 bits per heavy atom. The summed E-state index contributed by atoms with van der Waals surface area (Å²) in [7, 11) is 4.35. The second-order valence-corrected chi connectivity index (χ2v) is 5.20. The van der Waals surface area contributed by atoms with E-state index >= 15 is 0 Å². The van der Waals surface area contributed by atoms with Gasteiger partial charge >= 0.3 is 5.97 Å². The van der Waals surface area contributed by atoms with E-state index in [1.807, 2.05) is 0 Å². The van der Waals surface area contributed by atoms with E-state index < -0.39 is 10.9 Å². The average Bonchev–Trinajstić information content (AvgIpc) is 2.66. The summed E-state index contributed by atoms with van der Waals surface area (Å²) in [6.07, 6.45) is 0.625. The number of nitro groups is 1. The monoisotopic (exact) mass is 295 g/mol. The van der Waals surface area contributed by atoms with Crippen molar-refractivity contribution in [2.45, 2.75) is 26.1 Å². The third-order valence-electron chi connectivity index (χ3n) is 3.80. The van der Waals surface area contributed by atoms with Gasteiger partial charge in [0.2, 0.25) is 0 Å². The van der Waals surface area contributed by atoms with Crippen LogP contribution in [-0.4, -0.2) is 58.6 Å². The molecule has 7 heteroatoms. The Morgan fingerprint density at radius 3 is 2.05 bits per heavy atom. The molecule has 0 saturated carbocycles. The molecule has 0 aliphatic carbocycles. The number of aromatic carboxylic acids is 1. The summed E-state index contributed by atoms with van der Waals surface area (Å²) in [6.45, 7) is 5.71. The molecule has 116 valence electrons. The number of benzene rings is 1. The lowest BCUT2D eigenvalue weighted by molar-refractivity contribution is -0.384. The van der Waals surface area contributed by atoms with Crippen LogP contribution in [0.25, 0.3) is 0 Å². The van der Waals surface area contributed by atoms with Gasteiger partial charge in [-0.25, -0.2) is 4.79 Å². The molecule has 1 N–H and O–H groups in total. The fourth-order valence-electron chi connectivity index (χ4n) is 2.10. The SMILES string of the molecule is CC1CN(C)C(C)N1C.O=C(O)c1ccc([N+](=O)[O-])cc1. The van der Waals surface area contributed by atoms with Gasteiger partial charge in [0.05, 0.1) is 16.7 Å². The molecule has 1 aromatic carbocycles. The molecular weight excluding hydrogens is 274 g/mol. The van der Waals surface area contributed by atoms with Crippen molar-refractivity contribution in [3.05, 3.63) is 39.9 Å². The van der Waals surface area contributed by atoms with Crippen LogP contribution in [0.15, 0.2) is 24.3 Å². The maximum Gasteiger partial charge on any atom is 0.335 e. The van der Waals surface area contributed by atoms with Crippen LogP contribution in [0.5, 0.6) is 0 Å². The summed E-state index contributed by atoms with van der Waals surface area (Å²) in [5.74, 6) is -1.09. The van der Waals surface area contributed by atoms with E-state index in [9.17, 15) is 14.9 Å². The molecule has 0 spiro atoms. The number of carboxylic acids is 1. The normalized spacial score (nSPS) is 22.5. The summed E-state index contributed by atoms with van der Waals surface area (Å²) >= 11 is 0.